The number of carbonyl (C=O) groups is 2. The first-order valence-electron chi connectivity index (χ1n) is 9.68. The molecule has 0 radical (unpaired) electrons. The summed E-state index contributed by atoms with van der Waals surface area (Å²) in [5, 5.41) is 3.36. The molecule has 8 nitrogen and oxygen atoms in total. The molecule has 1 aromatic rings. The molecule has 2 heterocycles. The highest BCUT2D eigenvalue weighted by Gasteiger charge is 2.29. The van der Waals surface area contributed by atoms with Crippen LogP contribution in [0.4, 0.5) is 0 Å². The SMILES string of the molecule is COc1ccc(C(=O)N2CCN(C(=O)CC3CCCN3)CC2)c(OC)c1OC.Cl. The van der Waals surface area contributed by atoms with Crippen molar-refractivity contribution in [3.05, 3.63) is 17.7 Å². The number of amides is 2. The predicted molar refractivity (Wildman–Crippen MR) is 111 cm³/mol. The van der Waals surface area contributed by atoms with Crippen LogP contribution in [0, 0.1) is 0 Å². The third-order valence-electron chi connectivity index (χ3n) is 5.44. The monoisotopic (exact) mass is 427 g/mol. The van der Waals surface area contributed by atoms with Crippen molar-refractivity contribution in [1.29, 1.82) is 0 Å². The molecule has 2 aliphatic rings. The minimum absolute atomic E-state index is 0. The van der Waals surface area contributed by atoms with Crippen LogP contribution in [0.1, 0.15) is 29.6 Å². The summed E-state index contributed by atoms with van der Waals surface area (Å²) in [4.78, 5) is 29.1. The molecule has 9 heteroatoms. The highest BCUT2D eigenvalue weighted by atomic mass is 35.5. The fourth-order valence-electron chi connectivity index (χ4n) is 3.87. The standard InChI is InChI=1S/C20H29N3O5.ClH/c1-26-16-7-6-15(18(27-2)19(16)28-3)20(25)23-11-9-22(10-12-23)17(24)13-14-5-4-8-21-14;/h6-7,14,21H,4-5,8-13H2,1-3H3;1H. The molecule has 2 aliphatic heterocycles. The number of hydrogen-bond acceptors (Lipinski definition) is 6. The number of rotatable bonds is 6. The summed E-state index contributed by atoms with van der Waals surface area (Å²) in [6.07, 6.45) is 2.73. The van der Waals surface area contributed by atoms with Gasteiger partial charge in [0, 0.05) is 38.6 Å². The lowest BCUT2D eigenvalue weighted by Crippen LogP contribution is -2.51. The molecule has 0 aliphatic carbocycles. The zero-order chi connectivity index (χ0) is 20.1. The first-order valence-corrected chi connectivity index (χ1v) is 9.68. The summed E-state index contributed by atoms with van der Waals surface area (Å²) in [6, 6.07) is 3.68. The topological polar surface area (TPSA) is 80.3 Å². The highest BCUT2D eigenvalue weighted by molar-refractivity contribution is 5.98. The molecule has 162 valence electrons. The number of hydrogen-bond donors (Lipinski definition) is 1. The van der Waals surface area contributed by atoms with Gasteiger partial charge in [-0.3, -0.25) is 9.59 Å². The van der Waals surface area contributed by atoms with Gasteiger partial charge in [0.25, 0.3) is 5.91 Å². The number of benzene rings is 1. The Morgan fingerprint density at radius 2 is 1.66 bits per heavy atom. The number of carbonyl (C=O) groups excluding carboxylic acids is 2. The molecule has 0 saturated carbocycles. The quantitative estimate of drug-likeness (QED) is 0.742. The van der Waals surface area contributed by atoms with E-state index in [1.54, 1.807) is 17.0 Å². The zero-order valence-corrected chi connectivity index (χ0v) is 18.0. The summed E-state index contributed by atoms with van der Waals surface area (Å²) in [5.74, 6) is 1.29. The summed E-state index contributed by atoms with van der Waals surface area (Å²) in [7, 11) is 4.55. The average Bonchev–Trinajstić information content (AvgIpc) is 3.25. The minimum Gasteiger partial charge on any atom is -0.493 e. The van der Waals surface area contributed by atoms with E-state index in [1.807, 2.05) is 4.90 Å². The van der Waals surface area contributed by atoms with E-state index in [9.17, 15) is 9.59 Å². The molecule has 0 spiro atoms. The minimum atomic E-state index is -0.137. The highest BCUT2D eigenvalue weighted by Crippen LogP contribution is 2.40. The van der Waals surface area contributed by atoms with Gasteiger partial charge in [0.2, 0.25) is 11.7 Å². The Balaban J connectivity index is 0.00000300. The van der Waals surface area contributed by atoms with Gasteiger partial charge in [0.1, 0.15) is 0 Å². The molecule has 0 bridgehead atoms. The molecule has 1 aromatic carbocycles. The van der Waals surface area contributed by atoms with E-state index in [-0.39, 0.29) is 24.2 Å². The van der Waals surface area contributed by atoms with Gasteiger partial charge in [-0.1, -0.05) is 0 Å². The third-order valence-corrected chi connectivity index (χ3v) is 5.44. The van der Waals surface area contributed by atoms with Crippen molar-refractivity contribution in [3.63, 3.8) is 0 Å². The van der Waals surface area contributed by atoms with E-state index in [2.05, 4.69) is 5.32 Å². The summed E-state index contributed by atoms with van der Waals surface area (Å²) in [5.41, 5.74) is 0.426. The van der Waals surface area contributed by atoms with Gasteiger partial charge in [-0.25, -0.2) is 0 Å². The van der Waals surface area contributed by atoms with Crippen molar-refractivity contribution < 1.29 is 23.8 Å². The maximum Gasteiger partial charge on any atom is 0.257 e. The molecule has 1 atom stereocenters. The van der Waals surface area contributed by atoms with Crippen molar-refractivity contribution >= 4 is 24.2 Å². The van der Waals surface area contributed by atoms with Crippen LogP contribution in [0.15, 0.2) is 12.1 Å². The fraction of sp³-hybridized carbons (Fsp3) is 0.600. The smallest absolute Gasteiger partial charge is 0.257 e. The molecular formula is C20H30ClN3O5. The van der Waals surface area contributed by atoms with Gasteiger partial charge in [-0.2, -0.15) is 0 Å². The first kappa shape index (κ1) is 23.1. The number of halogens is 1. The molecule has 1 unspecified atom stereocenters. The van der Waals surface area contributed by atoms with Crippen LogP contribution in [-0.4, -0.2) is 81.7 Å². The van der Waals surface area contributed by atoms with Gasteiger partial charge in [0.05, 0.1) is 26.9 Å². The Morgan fingerprint density at radius 1 is 1.00 bits per heavy atom. The lowest BCUT2D eigenvalue weighted by Gasteiger charge is -2.35. The maximum atomic E-state index is 13.0. The number of nitrogens with zero attached hydrogens (tertiary/aromatic N) is 2. The lowest BCUT2D eigenvalue weighted by molar-refractivity contribution is -0.133. The van der Waals surface area contributed by atoms with E-state index in [4.69, 9.17) is 14.2 Å². The zero-order valence-electron chi connectivity index (χ0n) is 17.2. The van der Waals surface area contributed by atoms with Crippen molar-refractivity contribution in [3.8, 4) is 17.2 Å². The van der Waals surface area contributed by atoms with Crippen LogP contribution >= 0.6 is 12.4 Å². The lowest BCUT2D eigenvalue weighted by atomic mass is 10.1. The predicted octanol–water partition coefficient (Wildman–Crippen LogP) is 1.56. The second-order valence-corrected chi connectivity index (χ2v) is 7.05. The van der Waals surface area contributed by atoms with Gasteiger partial charge >= 0.3 is 0 Å². The van der Waals surface area contributed by atoms with Crippen molar-refractivity contribution in [2.45, 2.75) is 25.3 Å². The largest absolute Gasteiger partial charge is 0.493 e. The number of ether oxygens (including phenoxy) is 3. The van der Waals surface area contributed by atoms with E-state index >= 15 is 0 Å². The van der Waals surface area contributed by atoms with E-state index in [0.29, 0.717) is 61.5 Å². The second-order valence-electron chi connectivity index (χ2n) is 7.05. The summed E-state index contributed by atoms with van der Waals surface area (Å²) in [6.45, 7) is 3.09. The Kier molecular flexibility index (Phi) is 8.40. The van der Waals surface area contributed by atoms with Gasteiger partial charge in [-0.15, -0.1) is 12.4 Å². The summed E-state index contributed by atoms with van der Waals surface area (Å²) < 4.78 is 16.1. The van der Waals surface area contributed by atoms with Gasteiger partial charge < -0.3 is 29.3 Å². The van der Waals surface area contributed by atoms with Crippen LogP contribution in [0.3, 0.4) is 0 Å². The first-order chi connectivity index (χ1) is 13.6. The summed E-state index contributed by atoms with van der Waals surface area (Å²) >= 11 is 0. The van der Waals surface area contributed by atoms with E-state index in [0.717, 1.165) is 19.4 Å². The number of piperazine rings is 1. The Morgan fingerprint density at radius 3 is 2.21 bits per heavy atom. The van der Waals surface area contributed by atoms with Crippen LogP contribution in [0.5, 0.6) is 17.2 Å². The van der Waals surface area contributed by atoms with Crippen LogP contribution in [-0.2, 0) is 4.79 Å². The molecule has 2 amide bonds. The number of nitrogens with one attached hydrogen (secondary N) is 1. The van der Waals surface area contributed by atoms with E-state index in [1.165, 1.54) is 21.3 Å². The van der Waals surface area contributed by atoms with Gasteiger partial charge in [-0.05, 0) is 31.5 Å². The Labute approximate surface area is 177 Å². The van der Waals surface area contributed by atoms with E-state index < -0.39 is 0 Å². The normalized spacial score (nSPS) is 18.8. The third kappa shape index (κ3) is 5.05. The van der Waals surface area contributed by atoms with Crippen LogP contribution < -0.4 is 19.5 Å². The molecule has 0 aromatic heterocycles. The number of methoxy groups -OCH3 is 3. The van der Waals surface area contributed by atoms with Crippen molar-refractivity contribution in [2.75, 3.05) is 54.1 Å². The van der Waals surface area contributed by atoms with Crippen LogP contribution in [0.2, 0.25) is 0 Å². The molecule has 29 heavy (non-hydrogen) atoms. The maximum absolute atomic E-state index is 13.0. The fourth-order valence-corrected chi connectivity index (χ4v) is 3.87. The molecule has 1 N–H and O–H groups in total. The van der Waals surface area contributed by atoms with Gasteiger partial charge in [0.15, 0.2) is 11.5 Å². The van der Waals surface area contributed by atoms with Crippen molar-refractivity contribution in [2.24, 2.45) is 0 Å². The molecule has 2 fully saturated rings. The van der Waals surface area contributed by atoms with Crippen molar-refractivity contribution in [1.82, 2.24) is 15.1 Å². The van der Waals surface area contributed by atoms with Crippen LogP contribution in [0.25, 0.3) is 0 Å². The Hall–Kier alpha value is -2.19. The Bertz CT molecular complexity index is 716. The molecule has 3 rings (SSSR count). The second kappa shape index (κ2) is 10.5. The average molecular weight is 428 g/mol. The molecular weight excluding hydrogens is 398 g/mol. The molecule has 2 saturated heterocycles.